The Bertz CT molecular complexity index is 715. The van der Waals surface area contributed by atoms with Gasteiger partial charge in [0.1, 0.15) is 23.9 Å². The Morgan fingerprint density at radius 3 is 2.46 bits per heavy atom. The van der Waals surface area contributed by atoms with Crippen LogP contribution in [0.2, 0.25) is 5.02 Å². The van der Waals surface area contributed by atoms with Crippen LogP contribution in [0.1, 0.15) is 18.1 Å². The highest BCUT2D eigenvalue weighted by atomic mass is 35.5. The Balaban J connectivity index is 2.23. The van der Waals surface area contributed by atoms with Gasteiger partial charge in [-0.3, -0.25) is 0 Å². The van der Waals surface area contributed by atoms with Gasteiger partial charge in [0.25, 0.3) is 0 Å². The minimum absolute atomic E-state index is 0.127. The van der Waals surface area contributed by atoms with Crippen LogP contribution in [-0.2, 0) is 17.8 Å². The van der Waals surface area contributed by atoms with Crippen molar-refractivity contribution in [2.75, 3.05) is 14.2 Å². The van der Waals surface area contributed by atoms with Gasteiger partial charge in [-0.2, -0.15) is 0 Å². The van der Waals surface area contributed by atoms with Gasteiger partial charge in [-0.25, -0.2) is 4.79 Å². The number of benzene rings is 2. The molecular weight excluding hydrogens is 332 g/mol. The van der Waals surface area contributed by atoms with Crippen LogP contribution < -0.4 is 14.2 Å². The summed E-state index contributed by atoms with van der Waals surface area (Å²) in [6.07, 6.45) is 0.0821. The summed E-state index contributed by atoms with van der Waals surface area (Å²) in [5.41, 5.74) is 1.71. The number of carbonyl (C=O) groups excluding carboxylic acids is 1. The van der Waals surface area contributed by atoms with Crippen LogP contribution in [0.5, 0.6) is 17.2 Å². The molecule has 128 valence electrons. The molecule has 2 aromatic rings. The minimum atomic E-state index is -0.810. The Hall–Kier alpha value is -2.40. The number of hydrogen-bond donors (Lipinski definition) is 0. The predicted octanol–water partition coefficient (Wildman–Crippen LogP) is 4.64. The zero-order valence-electron chi connectivity index (χ0n) is 13.8. The van der Waals surface area contributed by atoms with Gasteiger partial charge in [0.15, 0.2) is 0 Å². The molecule has 0 saturated carbocycles. The average molecular weight is 351 g/mol. The van der Waals surface area contributed by atoms with Crippen molar-refractivity contribution in [3.05, 3.63) is 52.5 Å². The quantitative estimate of drug-likeness (QED) is 0.561. The Labute approximate surface area is 146 Å². The van der Waals surface area contributed by atoms with E-state index in [0.29, 0.717) is 27.8 Å². The molecule has 0 bridgehead atoms. The molecule has 5 nitrogen and oxygen atoms in total. The van der Waals surface area contributed by atoms with E-state index in [4.69, 9.17) is 25.8 Å². The molecule has 2 rings (SSSR count). The molecule has 0 amide bonds. The fourth-order valence-corrected chi connectivity index (χ4v) is 2.40. The van der Waals surface area contributed by atoms with Crippen LogP contribution in [0.3, 0.4) is 0 Å². The van der Waals surface area contributed by atoms with Crippen molar-refractivity contribution in [1.29, 1.82) is 0 Å². The summed E-state index contributed by atoms with van der Waals surface area (Å²) >= 11 is 6.23. The zero-order valence-corrected chi connectivity index (χ0v) is 14.6. The van der Waals surface area contributed by atoms with E-state index in [1.54, 1.807) is 18.2 Å². The minimum Gasteiger partial charge on any atom is -0.496 e. The van der Waals surface area contributed by atoms with Crippen molar-refractivity contribution < 1.29 is 23.7 Å². The average Bonchev–Trinajstić information content (AvgIpc) is 2.60. The van der Waals surface area contributed by atoms with Crippen LogP contribution in [-0.4, -0.2) is 20.4 Å². The lowest BCUT2D eigenvalue weighted by Gasteiger charge is -2.15. The number of hydrogen-bond acceptors (Lipinski definition) is 5. The summed E-state index contributed by atoms with van der Waals surface area (Å²) < 4.78 is 20.8. The number of aryl methyl sites for hydroxylation is 1. The van der Waals surface area contributed by atoms with E-state index in [2.05, 4.69) is 11.7 Å². The van der Waals surface area contributed by atoms with Crippen molar-refractivity contribution in [2.45, 2.75) is 20.0 Å². The van der Waals surface area contributed by atoms with Gasteiger partial charge in [-0.15, -0.1) is 0 Å². The van der Waals surface area contributed by atoms with Crippen molar-refractivity contribution in [3.8, 4) is 17.2 Å². The molecule has 6 heteroatoms. The number of ether oxygens (including phenoxy) is 4. The monoisotopic (exact) mass is 350 g/mol. The first kappa shape index (κ1) is 17.9. The lowest BCUT2D eigenvalue weighted by atomic mass is 10.1. The van der Waals surface area contributed by atoms with Gasteiger partial charge in [0.2, 0.25) is 0 Å². The number of carbonyl (C=O) groups is 1. The predicted molar refractivity (Wildman–Crippen MR) is 91.2 cm³/mol. The highest BCUT2D eigenvalue weighted by Crippen LogP contribution is 2.32. The molecule has 24 heavy (non-hydrogen) atoms. The van der Waals surface area contributed by atoms with Crippen LogP contribution >= 0.6 is 11.6 Å². The molecule has 0 spiro atoms. The molecule has 0 N–H and O–H groups in total. The summed E-state index contributed by atoms with van der Waals surface area (Å²) in [7, 11) is 2.78. The van der Waals surface area contributed by atoms with Gasteiger partial charge in [0, 0.05) is 0 Å². The normalized spacial score (nSPS) is 10.2. The maximum absolute atomic E-state index is 11.4. The highest BCUT2D eigenvalue weighted by molar-refractivity contribution is 6.32. The summed E-state index contributed by atoms with van der Waals surface area (Å²) in [5, 5.41) is 0.527. The van der Waals surface area contributed by atoms with Crippen molar-refractivity contribution in [3.63, 3.8) is 0 Å². The molecular formula is C18H19ClO5. The summed E-state index contributed by atoms with van der Waals surface area (Å²) in [6, 6.07) is 10.7. The largest absolute Gasteiger partial charge is 0.513 e. The number of rotatable bonds is 6. The number of methoxy groups -OCH3 is 2. The van der Waals surface area contributed by atoms with E-state index in [0.717, 1.165) is 12.0 Å². The third-order valence-corrected chi connectivity index (χ3v) is 3.74. The fraction of sp³-hybridized carbons (Fsp3) is 0.278. The second kappa shape index (κ2) is 8.45. The van der Waals surface area contributed by atoms with E-state index >= 15 is 0 Å². The first-order valence-electron chi connectivity index (χ1n) is 7.42. The lowest BCUT2D eigenvalue weighted by molar-refractivity contribution is 0.120. The topological polar surface area (TPSA) is 54.0 Å². The maximum Gasteiger partial charge on any atom is 0.513 e. The van der Waals surface area contributed by atoms with Gasteiger partial charge in [-0.1, -0.05) is 30.7 Å². The molecule has 0 radical (unpaired) electrons. The third kappa shape index (κ3) is 4.32. The molecule has 0 saturated heterocycles. The lowest BCUT2D eigenvalue weighted by Crippen LogP contribution is -2.10. The second-order valence-electron chi connectivity index (χ2n) is 4.90. The van der Waals surface area contributed by atoms with Gasteiger partial charge in [0.05, 0.1) is 24.8 Å². The van der Waals surface area contributed by atoms with E-state index in [1.807, 2.05) is 18.2 Å². The van der Waals surface area contributed by atoms with Crippen molar-refractivity contribution in [1.82, 2.24) is 0 Å². The maximum atomic E-state index is 11.4. The molecule has 2 aromatic carbocycles. The standard InChI is InChI=1S/C18H19ClO5/c1-4-12-8-9-17(14(19)10-12)23-11-13-15(21-2)6-5-7-16(13)24-18(20)22-3/h5-10H,4,11H2,1-3H3. The highest BCUT2D eigenvalue weighted by Gasteiger charge is 2.15. The molecule has 0 aliphatic heterocycles. The van der Waals surface area contributed by atoms with Crippen LogP contribution in [0.25, 0.3) is 0 Å². The fourth-order valence-electron chi connectivity index (χ4n) is 2.14. The van der Waals surface area contributed by atoms with E-state index in [-0.39, 0.29) is 6.61 Å². The number of halogens is 1. The van der Waals surface area contributed by atoms with Crippen molar-refractivity contribution in [2.24, 2.45) is 0 Å². The molecule has 0 aromatic heterocycles. The molecule has 0 heterocycles. The SMILES string of the molecule is CCc1ccc(OCc2c(OC)cccc2OC(=O)OC)c(Cl)c1. The Morgan fingerprint density at radius 1 is 1.08 bits per heavy atom. The Kier molecular flexibility index (Phi) is 6.32. The molecule has 0 unspecified atom stereocenters. The van der Waals surface area contributed by atoms with Crippen LogP contribution in [0.4, 0.5) is 4.79 Å². The first-order chi connectivity index (χ1) is 11.6. The first-order valence-corrected chi connectivity index (χ1v) is 7.79. The molecule has 0 fully saturated rings. The third-order valence-electron chi connectivity index (χ3n) is 3.45. The summed E-state index contributed by atoms with van der Waals surface area (Å²) in [5.74, 6) is 1.39. The summed E-state index contributed by atoms with van der Waals surface area (Å²) in [6.45, 7) is 2.18. The van der Waals surface area contributed by atoms with Gasteiger partial charge in [-0.05, 0) is 36.2 Å². The van der Waals surface area contributed by atoms with E-state index in [9.17, 15) is 4.79 Å². The summed E-state index contributed by atoms with van der Waals surface area (Å²) in [4.78, 5) is 11.4. The second-order valence-corrected chi connectivity index (χ2v) is 5.31. The van der Waals surface area contributed by atoms with E-state index < -0.39 is 6.16 Å². The zero-order chi connectivity index (χ0) is 17.5. The van der Waals surface area contributed by atoms with E-state index in [1.165, 1.54) is 14.2 Å². The van der Waals surface area contributed by atoms with Gasteiger partial charge >= 0.3 is 6.16 Å². The van der Waals surface area contributed by atoms with Crippen molar-refractivity contribution >= 4 is 17.8 Å². The molecule has 0 aliphatic rings. The van der Waals surface area contributed by atoms with Gasteiger partial charge < -0.3 is 18.9 Å². The Morgan fingerprint density at radius 2 is 1.83 bits per heavy atom. The van der Waals surface area contributed by atoms with Crippen LogP contribution in [0.15, 0.2) is 36.4 Å². The molecule has 0 atom stereocenters. The molecule has 0 aliphatic carbocycles. The smallest absolute Gasteiger partial charge is 0.496 e. The van der Waals surface area contributed by atoms with Crippen LogP contribution in [0, 0.1) is 0 Å².